The van der Waals surface area contributed by atoms with E-state index < -0.39 is 0 Å². The number of aromatic nitrogens is 1. The molecular formula is C21H24N6S. The Labute approximate surface area is 170 Å². The number of nitrogen functional groups attached to an aromatic ring is 1. The van der Waals surface area contributed by atoms with Gasteiger partial charge < -0.3 is 15.5 Å². The molecule has 0 radical (unpaired) electrons. The van der Waals surface area contributed by atoms with Crippen LogP contribution in [0.25, 0.3) is 0 Å². The van der Waals surface area contributed by atoms with Crippen LogP contribution in [0.3, 0.4) is 0 Å². The first-order chi connectivity index (χ1) is 13.6. The normalized spacial score (nSPS) is 14.5. The maximum absolute atomic E-state index is 9.80. The summed E-state index contributed by atoms with van der Waals surface area (Å²) in [4.78, 5) is 9.25. The number of anilines is 2. The van der Waals surface area contributed by atoms with E-state index in [2.05, 4.69) is 29.0 Å². The van der Waals surface area contributed by atoms with E-state index in [1.54, 1.807) is 0 Å². The van der Waals surface area contributed by atoms with Crippen molar-refractivity contribution in [3.8, 4) is 12.1 Å². The Morgan fingerprint density at radius 3 is 2.29 bits per heavy atom. The van der Waals surface area contributed by atoms with Gasteiger partial charge in [0.2, 0.25) is 0 Å². The minimum atomic E-state index is 0.525. The van der Waals surface area contributed by atoms with Crippen LogP contribution in [0, 0.1) is 22.7 Å². The molecule has 1 aliphatic rings. The molecule has 0 atom stereocenters. The molecule has 1 aromatic heterocycles. The van der Waals surface area contributed by atoms with Crippen LogP contribution >= 0.6 is 11.8 Å². The molecule has 0 bridgehead atoms. The number of likely N-dealkylation sites (N-methyl/N-ethyl adjacent to an activating group) is 1. The number of piperazine rings is 1. The van der Waals surface area contributed by atoms with Gasteiger partial charge in [-0.1, -0.05) is 19.1 Å². The second kappa shape index (κ2) is 8.97. The van der Waals surface area contributed by atoms with Crippen LogP contribution in [0.4, 0.5) is 11.5 Å². The van der Waals surface area contributed by atoms with Gasteiger partial charge in [-0.15, -0.1) is 11.8 Å². The summed E-state index contributed by atoms with van der Waals surface area (Å²) in [5.41, 5.74) is 9.48. The van der Waals surface area contributed by atoms with Crippen LogP contribution in [-0.4, -0.2) is 43.1 Å². The zero-order valence-corrected chi connectivity index (χ0v) is 17.1. The van der Waals surface area contributed by atoms with E-state index in [9.17, 15) is 10.5 Å². The molecule has 2 N–H and O–H groups in total. The summed E-state index contributed by atoms with van der Waals surface area (Å²) in [6, 6.07) is 12.3. The fourth-order valence-corrected chi connectivity index (χ4v) is 4.26. The molecule has 3 rings (SSSR count). The van der Waals surface area contributed by atoms with Gasteiger partial charge >= 0.3 is 0 Å². The molecule has 7 heteroatoms. The standard InChI is InChI=1S/C21H24N6S/c1-3-17-18(12-22)20(27-10-8-26(2)9-11-27)25-21(19(17)13-23)28-14-15-4-6-16(24)7-5-15/h4-7H,3,8-11,14,24H2,1-2H3. The highest BCUT2D eigenvalue weighted by Gasteiger charge is 2.24. The molecule has 2 heterocycles. The van der Waals surface area contributed by atoms with Gasteiger partial charge in [-0.25, -0.2) is 4.98 Å². The van der Waals surface area contributed by atoms with Crippen LogP contribution < -0.4 is 10.6 Å². The average molecular weight is 393 g/mol. The van der Waals surface area contributed by atoms with Crippen molar-refractivity contribution in [3.63, 3.8) is 0 Å². The minimum absolute atomic E-state index is 0.525. The summed E-state index contributed by atoms with van der Waals surface area (Å²) in [7, 11) is 2.10. The molecule has 1 aromatic carbocycles. The molecule has 28 heavy (non-hydrogen) atoms. The fraction of sp³-hybridized carbons (Fsp3) is 0.381. The summed E-state index contributed by atoms with van der Waals surface area (Å²) < 4.78 is 0. The first kappa shape index (κ1) is 20.0. The second-order valence-electron chi connectivity index (χ2n) is 6.87. The number of pyridine rings is 1. The Morgan fingerprint density at radius 2 is 1.71 bits per heavy atom. The van der Waals surface area contributed by atoms with Crippen LogP contribution in [0.1, 0.15) is 29.2 Å². The molecule has 2 aromatic rings. The fourth-order valence-electron chi connectivity index (χ4n) is 3.30. The van der Waals surface area contributed by atoms with Crippen molar-refractivity contribution in [1.82, 2.24) is 9.88 Å². The van der Waals surface area contributed by atoms with Gasteiger partial charge in [0.15, 0.2) is 0 Å². The van der Waals surface area contributed by atoms with Gasteiger partial charge in [0.25, 0.3) is 0 Å². The highest BCUT2D eigenvalue weighted by molar-refractivity contribution is 7.98. The lowest BCUT2D eigenvalue weighted by atomic mass is 10.0. The molecule has 6 nitrogen and oxygen atoms in total. The largest absolute Gasteiger partial charge is 0.399 e. The number of nitrogens with two attached hydrogens (primary N) is 1. The Kier molecular flexibility index (Phi) is 6.41. The molecule has 0 unspecified atom stereocenters. The van der Waals surface area contributed by atoms with Crippen molar-refractivity contribution in [2.24, 2.45) is 0 Å². The first-order valence-electron chi connectivity index (χ1n) is 9.35. The van der Waals surface area contributed by atoms with Crippen molar-refractivity contribution in [3.05, 3.63) is 46.5 Å². The summed E-state index contributed by atoms with van der Waals surface area (Å²) in [5.74, 6) is 1.41. The Bertz CT molecular complexity index is 918. The molecule has 0 amide bonds. The highest BCUT2D eigenvalue weighted by atomic mass is 32.2. The van der Waals surface area contributed by atoms with Crippen LogP contribution in [0.15, 0.2) is 29.3 Å². The number of benzene rings is 1. The monoisotopic (exact) mass is 392 g/mol. The van der Waals surface area contributed by atoms with Crippen molar-refractivity contribution in [2.75, 3.05) is 43.9 Å². The van der Waals surface area contributed by atoms with E-state index in [4.69, 9.17) is 10.7 Å². The van der Waals surface area contributed by atoms with Crippen molar-refractivity contribution in [2.45, 2.75) is 24.1 Å². The zero-order valence-electron chi connectivity index (χ0n) is 16.3. The molecule has 0 spiro atoms. The maximum atomic E-state index is 9.80. The molecule has 0 aliphatic carbocycles. The summed E-state index contributed by atoms with van der Waals surface area (Å²) in [6.07, 6.45) is 0.629. The highest BCUT2D eigenvalue weighted by Crippen LogP contribution is 2.33. The first-order valence-corrected chi connectivity index (χ1v) is 10.3. The molecule has 144 valence electrons. The predicted molar refractivity (Wildman–Crippen MR) is 113 cm³/mol. The third-order valence-electron chi connectivity index (χ3n) is 4.98. The number of nitrogens with zero attached hydrogens (tertiary/aromatic N) is 5. The number of rotatable bonds is 5. The average Bonchev–Trinajstić information content (AvgIpc) is 2.72. The van der Waals surface area contributed by atoms with Gasteiger partial charge in [-0.3, -0.25) is 0 Å². The van der Waals surface area contributed by atoms with Crippen LogP contribution in [0.5, 0.6) is 0 Å². The molecule has 1 fully saturated rings. The number of thioether (sulfide) groups is 1. The third-order valence-corrected chi connectivity index (χ3v) is 6.03. The van der Waals surface area contributed by atoms with Crippen molar-refractivity contribution >= 4 is 23.3 Å². The van der Waals surface area contributed by atoms with Crippen molar-refractivity contribution in [1.29, 1.82) is 10.5 Å². The summed E-state index contributed by atoms with van der Waals surface area (Å²) in [5, 5.41) is 20.3. The third kappa shape index (κ3) is 4.22. The van der Waals surface area contributed by atoms with Gasteiger partial charge in [-0.05, 0) is 36.7 Å². The maximum Gasteiger partial charge on any atom is 0.148 e. The zero-order chi connectivity index (χ0) is 20.1. The summed E-state index contributed by atoms with van der Waals surface area (Å²) >= 11 is 1.54. The Morgan fingerprint density at radius 1 is 1.07 bits per heavy atom. The Hall–Kier alpha value is -2.74. The van der Waals surface area contributed by atoms with E-state index >= 15 is 0 Å². The number of hydrogen-bond donors (Lipinski definition) is 1. The second-order valence-corrected chi connectivity index (χ2v) is 7.83. The quantitative estimate of drug-likeness (QED) is 0.617. The molecule has 0 saturated carbocycles. The van der Waals surface area contributed by atoms with E-state index in [1.165, 1.54) is 11.8 Å². The van der Waals surface area contributed by atoms with E-state index in [0.717, 1.165) is 43.0 Å². The van der Waals surface area contributed by atoms with Crippen LogP contribution in [0.2, 0.25) is 0 Å². The number of nitriles is 2. The minimum Gasteiger partial charge on any atom is -0.399 e. The van der Waals surface area contributed by atoms with E-state index in [-0.39, 0.29) is 0 Å². The topological polar surface area (TPSA) is 93.0 Å². The van der Waals surface area contributed by atoms with E-state index in [0.29, 0.717) is 34.1 Å². The lowest BCUT2D eigenvalue weighted by Gasteiger charge is -2.34. The van der Waals surface area contributed by atoms with Crippen molar-refractivity contribution < 1.29 is 0 Å². The van der Waals surface area contributed by atoms with E-state index in [1.807, 2.05) is 31.2 Å². The van der Waals surface area contributed by atoms with Gasteiger partial charge in [0.05, 0.1) is 11.1 Å². The molecule has 1 aliphatic heterocycles. The lowest BCUT2D eigenvalue weighted by molar-refractivity contribution is 0.312. The molecular weight excluding hydrogens is 368 g/mol. The SMILES string of the molecule is CCc1c(C#N)c(SCc2ccc(N)cc2)nc(N2CCN(C)CC2)c1C#N. The van der Waals surface area contributed by atoms with Gasteiger partial charge in [0.1, 0.15) is 23.0 Å². The molecule has 1 saturated heterocycles. The summed E-state index contributed by atoms with van der Waals surface area (Å²) in [6.45, 7) is 5.51. The Balaban J connectivity index is 1.98. The van der Waals surface area contributed by atoms with Crippen LogP contribution in [-0.2, 0) is 12.2 Å². The smallest absolute Gasteiger partial charge is 0.148 e. The predicted octanol–water partition coefficient (Wildman–Crippen LogP) is 3.01. The van der Waals surface area contributed by atoms with Gasteiger partial charge in [-0.2, -0.15) is 10.5 Å². The van der Waals surface area contributed by atoms with Gasteiger partial charge in [0, 0.05) is 37.6 Å². The lowest BCUT2D eigenvalue weighted by Crippen LogP contribution is -2.45. The number of hydrogen-bond acceptors (Lipinski definition) is 7.